The molecule has 28 heavy (non-hydrogen) atoms. The number of hydrogen-bond donors (Lipinski definition) is 1. The Bertz CT molecular complexity index is 867. The summed E-state index contributed by atoms with van der Waals surface area (Å²) in [5, 5.41) is 2.86. The molecule has 0 aromatic heterocycles. The van der Waals surface area contributed by atoms with E-state index in [1.165, 1.54) is 0 Å². The number of nitrogens with zero attached hydrogens (tertiary/aromatic N) is 1. The van der Waals surface area contributed by atoms with Gasteiger partial charge in [0.05, 0.1) is 18.6 Å². The topological polar surface area (TPSA) is 75.7 Å². The Morgan fingerprint density at radius 2 is 1.68 bits per heavy atom. The highest BCUT2D eigenvalue weighted by molar-refractivity contribution is 7.92. The van der Waals surface area contributed by atoms with E-state index in [1.807, 2.05) is 44.2 Å². The van der Waals surface area contributed by atoms with Crippen molar-refractivity contribution in [1.29, 1.82) is 0 Å². The third kappa shape index (κ3) is 5.73. The second kappa shape index (κ2) is 9.59. The van der Waals surface area contributed by atoms with Gasteiger partial charge in [0, 0.05) is 6.54 Å². The molecule has 2 aromatic carbocycles. The molecular formula is C21H28N2O4S. The molecule has 0 spiro atoms. The van der Waals surface area contributed by atoms with Gasteiger partial charge in [0.1, 0.15) is 11.8 Å². The zero-order valence-corrected chi connectivity index (χ0v) is 17.6. The molecule has 0 aliphatic heterocycles. The Morgan fingerprint density at radius 3 is 2.21 bits per heavy atom. The summed E-state index contributed by atoms with van der Waals surface area (Å²) in [6, 6.07) is 15.6. The Balaban J connectivity index is 2.11. The highest BCUT2D eigenvalue weighted by Crippen LogP contribution is 2.24. The summed E-state index contributed by atoms with van der Waals surface area (Å²) in [5.74, 6) is 0.421. The maximum atomic E-state index is 12.7. The third-order valence-corrected chi connectivity index (χ3v) is 5.68. The molecule has 6 nitrogen and oxygen atoms in total. The van der Waals surface area contributed by atoms with Crippen LogP contribution in [0.1, 0.15) is 32.3 Å². The molecule has 7 heteroatoms. The monoisotopic (exact) mass is 404 g/mol. The number of sulfonamides is 1. The van der Waals surface area contributed by atoms with Gasteiger partial charge >= 0.3 is 0 Å². The van der Waals surface area contributed by atoms with E-state index < -0.39 is 16.1 Å². The fourth-order valence-electron chi connectivity index (χ4n) is 2.97. The van der Waals surface area contributed by atoms with Crippen LogP contribution in [-0.4, -0.2) is 39.8 Å². The molecule has 1 amide bonds. The zero-order valence-electron chi connectivity index (χ0n) is 16.8. The van der Waals surface area contributed by atoms with Crippen LogP contribution >= 0.6 is 0 Å². The molecule has 1 N–H and O–H groups in total. The number of hydrogen-bond acceptors (Lipinski definition) is 4. The van der Waals surface area contributed by atoms with Crippen molar-refractivity contribution < 1.29 is 17.9 Å². The van der Waals surface area contributed by atoms with Crippen molar-refractivity contribution in [2.24, 2.45) is 0 Å². The minimum atomic E-state index is -3.65. The predicted molar refractivity (Wildman–Crippen MR) is 112 cm³/mol. The lowest BCUT2D eigenvalue weighted by Gasteiger charge is -2.28. The van der Waals surface area contributed by atoms with Gasteiger partial charge in [-0.25, -0.2) is 8.42 Å². The van der Waals surface area contributed by atoms with Gasteiger partial charge in [-0.2, -0.15) is 0 Å². The van der Waals surface area contributed by atoms with E-state index in [4.69, 9.17) is 4.74 Å². The van der Waals surface area contributed by atoms with Crippen molar-refractivity contribution in [2.45, 2.75) is 32.7 Å². The molecule has 0 fully saturated rings. The number of ether oxygens (including phenoxy) is 1. The van der Waals surface area contributed by atoms with Crippen LogP contribution in [0.15, 0.2) is 54.6 Å². The second-order valence-electron chi connectivity index (χ2n) is 6.72. The van der Waals surface area contributed by atoms with Gasteiger partial charge in [-0.15, -0.1) is 0 Å². The number of benzene rings is 2. The van der Waals surface area contributed by atoms with Crippen LogP contribution in [-0.2, 0) is 14.8 Å². The number of amides is 1. The molecule has 0 heterocycles. The van der Waals surface area contributed by atoms with E-state index in [1.54, 1.807) is 31.2 Å². The molecule has 2 atom stereocenters. The molecule has 0 radical (unpaired) electrons. The first-order chi connectivity index (χ1) is 13.2. The van der Waals surface area contributed by atoms with Crippen LogP contribution < -0.4 is 14.4 Å². The van der Waals surface area contributed by atoms with Crippen molar-refractivity contribution >= 4 is 21.6 Å². The number of carbonyl (C=O) groups is 1. The summed E-state index contributed by atoms with van der Waals surface area (Å²) in [5.41, 5.74) is 1.53. The van der Waals surface area contributed by atoms with Gasteiger partial charge in [0.25, 0.3) is 0 Å². The van der Waals surface area contributed by atoms with E-state index in [9.17, 15) is 13.2 Å². The van der Waals surface area contributed by atoms with E-state index in [2.05, 4.69) is 5.32 Å². The predicted octanol–water partition coefficient (Wildman–Crippen LogP) is 3.16. The Labute approximate surface area is 167 Å². The Kier molecular flexibility index (Phi) is 7.45. The minimum absolute atomic E-state index is 0.120. The maximum Gasteiger partial charge on any atom is 0.243 e. The first-order valence-corrected chi connectivity index (χ1v) is 11.1. The third-order valence-electron chi connectivity index (χ3n) is 4.44. The number of nitrogens with one attached hydrogen (secondary N) is 1. The van der Waals surface area contributed by atoms with Gasteiger partial charge in [0.2, 0.25) is 15.9 Å². The number of rotatable bonds is 9. The first-order valence-electron chi connectivity index (χ1n) is 9.29. The molecule has 0 saturated carbocycles. The van der Waals surface area contributed by atoms with Gasteiger partial charge < -0.3 is 10.1 Å². The van der Waals surface area contributed by atoms with Crippen molar-refractivity contribution in [3.63, 3.8) is 0 Å². The van der Waals surface area contributed by atoms with Crippen molar-refractivity contribution in [1.82, 2.24) is 5.32 Å². The summed E-state index contributed by atoms with van der Waals surface area (Å²) < 4.78 is 31.2. The van der Waals surface area contributed by atoms with Crippen molar-refractivity contribution in [2.75, 3.05) is 23.7 Å². The molecular weight excluding hydrogens is 376 g/mol. The average molecular weight is 405 g/mol. The maximum absolute atomic E-state index is 12.7. The van der Waals surface area contributed by atoms with E-state index in [0.717, 1.165) is 16.1 Å². The van der Waals surface area contributed by atoms with Gasteiger partial charge in [-0.3, -0.25) is 9.10 Å². The van der Waals surface area contributed by atoms with Crippen LogP contribution in [0, 0.1) is 0 Å². The smallest absolute Gasteiger partial charge is 0.243 e. The van der Waals surface area contributed by atoms with Gasteiger partial charge in [0.15, 0.2) is 0 Å². The zero-order chi connectivity index (χ0) is 20.7. The summed E-state index contributed by atoms with van der Waals surface area (Å²) in [4.78, 5) is 12.7. The first kappa shape index (κ1) is 21.8. The molecule has 0 aliphatic carbocycles. The standard InChI is InChI=1S/C21H28N2O4S/c1-5-27-20-13-11-19(12-14-20)23(28(4,25)26)17(3)21(24)22-15-16(2)18-9-7-6-8-10-18/h6-14,16-17H,5,15H2,1-4H3,(H,22,24)/t16-,17-/m1/s1. The molecule has 0 unspecified atom stereocenters. The average Bonchev–Trinajstić information content (AvgIpc) is 2.67. The quantitative estimate of drug-likeness (QED) is 0.697. The lowest BCUT2D eigenvalue weighted by Crippen LogP contribution is -2.48. The lowest BCUT2D eigenvalue weighted by molar-refractivity contribution is -0.121. The number of anilines is 1. The summed E-state index contributed by atoms with van der Waals surface area (Å²) >= 11 is 0. The van der Waals surface area contributed by atoms with Crippen LogP contribution in [0.2, 0.25) is 0 Å². The van der Waals surface area contributed by atoms with Crippen molar-refractivity contribution in [3.05, 3.63) is 60.2 Å². The largest absolute Gasteiger partial charge is 0.494 e. The summed E-state index contributed by atoms with van der Waals surface area (Å²) in [6.07, 6.45) is 1.10. The Hall–Kier alpha value is -2.54. The molecule has 0 bridgehead atoms. The van der Waals surface area contributed by atoms with E-state index in [-0.39, 0.29) is 11.8 Å². The minimum Gasteiger partial charge on any atom is -0.494 e. The number of carbonyl (C=O) groups excluding carboxylic acids is 1. The van der Waals surface area contributed by atoms with Crippen LogP contribution in [0.5, 0.6) is 5.75 Å². The Morgan fingerprint density at radius 1 is 1.07 bits per heavy atom. The van der Waals surface area contributed by atoms with Crippen LogP contribution in [0.25, 0.3) is 0 Å². The molecule has 0 aliphatic rings. The van der Waals surface area contributed by atoms with Crippen LogP contribution in [0.3, 0.4) is 0 Å². The lowest BCUT2D eigenvalue weighted by atomic mass is 10.0. The highest BCUT2D eigenvalue weighted by atomic mass is 32.2. The van der Waals surface area contributed by atoms with E-state index in [0.29, 0.717) is 24.6 Å². The fraction of sp³-hybridized carbons (Fsp3) is 0.381. The molecule has 2 aromatic rings. The van der Waals surface area contributed by atoms with Crippen molar-refractivity contribution in [3.8, 4) is 5.75 Å². The van der Waals surface area contributed by atoms with Crippen LogP contribution in [0.4, 0.5) is 5.69 Å². The highest BCUT2D eigenvalue weighted by Gasteiger charge is 2.29. The van der Waals surface area contributed by atoms with Gasteiger partial charge in [-0.05, 0) is 49.6 Å². The van der Waals surface area contributed by atoms with E-state index >= 15 is 0 Å². The fourth-order valence-corrected chi connectivity index (χ4v) is 4.14. The SMILES string of the molecule is CCOc1ccc(N([C@H](C)C(=O)NC[C@@H](C)c2ccccc2)S(C)(=O)=O)cc1. The molecule has 152 valence electrons. The molecule has 0 saturated heterocycles. The normalized spacial score (nSPS) is 13.4. The van der Waals surface area contributed by atoms with Gasteiger partial charge in [-0.1, -0.05) is 37.3 Å². The molecule has 2 rings (SSSR count). The summed E-state index contributed by atoms with van der Waals surface area (Å²) in [6.45, 7) is 6.42. The summed E-state index contributed by atoms with van der Waals surface area (Å²) in [7, 11) is -3.65. The second-order valence-corrected chi connectivity index (χ2v) is 8.58.